The summed E-state index contributed by atoms with van der Waals surface area (Å²) in [6, 6.07) is 11.8. The topological polar surface area (TPSA) is 145 Å². The fourth-order valence-electron chi connectivity index (χ4n) is 2.67. The highest BCUT2D eigenvalue weighted by atomic mass is 35.5. The molecule has 0 bridgehead atoms. The van der Waals surface area contributed by atoms with E-state index in [4.69, 9.17) is 34.0 Å². The van der Waals surface area contributed by atoms with E-state index < -0.39 is 22.2 Å². The average Bonchev–Trinajstić information content (AvgIpc) is 2.72. The van der Waals surface area contributed by atoms with Crippen LogP contribution in [0.15, 0.2) is 42.5 Å². The molecule has 0 fully saturated rings. The summed E-state index contributed by atoms with van der Waals surface area (Å²) in [4.78, 5) is 11.3. The van der Waals surface area contributed by atoms with Crippen LogP contribution in [0.2, 0.25) is 5.02 Å². The van der Waals surface area contributed by atoms with E-state index in [-0.39, 0.29) is 18.4 Å². The van der Waals surface area contributed by atoms with Gasteiger partial charge in [0.2, 0.25) is 0 Å². The summed E-state index contributed by atoms with van der Waals surface area (Å²) in [5.41, 5.74) is 1.75. The Labute approximate surface area is 199 Å². The maximum absolute atomic E-state index is 11.3. The number of aliphatic hydroxyl groups excluding tert-OH is 1. The van der Waals surface area contributed by atoms with Gasteiger partial charge in [-0.2, -0.15) is 0 Å². The van der Waals surface area contributed by atoms with Gasteiger partial charge in [0, 0.05) is 12.3 Å². The number of benzene rings is 2. The third-order valence-electron chi connectivity index (χ3n) is 4.24. The van der Waals surface area contributed by atoms with Gasteiger partial charge in [-0.3, -0.25) is 0 Å². The predicted octanol–water partition coefficient (Wildman–Crippen LogP) is 2.40. The second kappa shape index (κ2) is 14.0. The third-order valence-corrected chi connectivity index (χ3v) is 4.53. The van der Waals surface area contributed by atoms with E-state index in [0.29, 0.717) is 36.6 Å². The van der Waals surface area contributed by atoms with Gasteiger partial charge < -0.3 is 29.6 Å². The van der Waals surface area contributed by atoms with Crippen LogP contribution >= 0.6 is 11.6 Å². The molecule has 0 amide bonds. The molecule has 2 aromatic rings. The van der Waals surface area contributed by atoms with Crippen molar-refractivity contribution < 1.29 is 37.5 Å². The minimum absolute atomic E-state index is 0.160. The highest BCUT2D eigenvalue weighted by Gasteiger charge is 2.15. The summed E-state index contributed by atoms with van der Waals surface area (Å²) in [5.74, 6) is 0.165. The number of carbonyl (C=O) groups excluding carboxylic acids is 1. The normalized spacial score (nSPS) is 12.8. The number of esters is 1. The van der Waals surface area contributed by atoms with Crippen molar-refractivity contribution in [2.24, 2.45) is 0 Å². The Bertz CT molecular complexity index is 974. The smallest absolute Gasteiger partial charge is 0.344 e. The number of carbonyl (C=O) groups is 1. The van der Waals surface area contributed by atoms with E-state index in [2.05, 4.69) is 5.32 Å². The molecule has 0 aliphatic carbocycles. The molecule has 0 radical (unpaired) electrons. The molecule has 11 heteroatoms. The van der Waals surface area contributed by atoms with Crippen LogP contribution < -0.4 is 10.1 Å². The first-order valence-electron chi connectivity index (χ1n) is 10.1. The maximum Gasteiger partial charge on any atom is 0.344 e. The fourth-order valence-corrected chi connectivity index (χ4v) is 2.93. The Morgan fingerprint density at radius 1 is 1.21 bits per heavy atom. The van der Waals surface area contributed by atoms with Gasteiger partial charge in [0.05, 0.1) is 27.9 Å². The molecule has 0 aromatic heterocycles. The Morgan fingerprint density at radius 3 is 2.36 bits per heavy atom. The van der Waals surface area contributed by atoms with Gasteiger partial charge >= 0.3 is 5.97 Å². The van der Waals surface area contributed by atoms with Crippen molar-refractivity contribution in [1.82, 2.24) is 5.32 Å². The number of phenols is 1. The van der Waals surface area contributed by atoms with Crippen LogP contribution in [-0.4, -0.2) is 61.2 Å². The molecule has 0 spiro atoms. The summed E-state index contributed by atoms with van der Waals surface area (Å²) >= 11 is 6.22. The third kappa shape index (κ3) is 12.4. The van der Waals surface area contributed by atoms with E-state index in [9.17, 15) is 15.0 Å². The molecule has 184 valence electrons. The van der Waals surface area contributed by atoms with E-state index in [1.807, 2.05) is 13.0 Å². The highest BCUT2D eigenvalue weighted by molar-refractivity contribution is 7.84. The summed E-state index contributed by atoms with van der Waals surface area (Å²) in [6.07, 6.45) is 0.639. The standard InChI is InChI=1S/C21H26ClNO5.CH4O3S/c1-3-27-20(25)13-28-19-9-4-15(12-18(19)22)10-11-23-14(2)21(26)16-5-7-17(24)8-6-16;1-5(2,3)4/h4-9,12,14,21,23-24,26H,3,10-11,13H2,1-2H3;1H3,(H,2,3,4)/p-1. The number of phenolic OH excluding ortho intramolecular Hbond substituents is 1. The van der Waals surface area contributed by atoms with E-state index >= 15 is 0 Å². The molecule has 2 atom stereocenters. The van der Waals surface area contributed by atoms with Gasteiger partial charge in [-0.05, 0) is 62.2 Å². The molecule has 3 N–H and O–H groups in total. The molecule has 2 rings (SSSR count). The lowest BCUT2D eigenvalue weighted by Gasteiger charge is -2.21. The van der Waals surface area contributed by atoms with Gasteiger partial charge in [-0.1, -0.05) is 29.8 Å². The number of rotatable bonds is 10. The second-order valence-corrected chi connectivity index (χ2v) is 8.91. The van der Waals surface area contributed by atoms with Gasteiger partial charge in [0.1, 0.15) is 11.5 Å². The monoisotopic (exact) mass is 502 g/mol. The molecule has 2 aromatic carbocycles. The highest BCUT2D eigenvalue weighted by Crippen LogP contribution is 2.26. The summed E-state index contributed by atoms with van der Waals surface area (Å²) in [5, 5.41) is 23.4. The van der Waals surface area contributed by atoms with Crippen molar-refractivity contribution in [3.63, 3.8) is 0 Å². The van der Waals surface area contributed by atoms with Gasteiger partial charge in [-0.25, -0.2) is 13.2 Å². The minimum atomic E-state index is -3.92. The van der Waals surface area contributed by atoms with Crippen LogP contribution in [0.5, 0.6) is 11.5 Å². The first kappa shape index (κ1) is 28.7. The van der Waals surface area contributed by atoms with Crippen molar-refractivity contribution in [3.8, 4) is 11.5 Å². The molecular formula is C22H29ClNO8S-. The maximum atomic E-state index is 11.3. The number of halogens is 1. The number of aromatic hydroxyl groups is 1. The minimum Gasteiger partial charge on any atom is -0.748 e. The average molecular weight is 503 g/mol. The SMILES string of the molecule is CCOC(=O)COc1ccc(CCNC(C)C(O)c2ccc(O)cc2)cc1Cl.CS(=O)(=O)[O-]. The lowest BCUT2D eigenvalue weighted by atomic mass is 10.0. The van der Waals surface area contributed by atoms with Crippen LogP contribution in [0.4, 0.5) is 0 Å². The van der Waals surface area contributed by atoms with Crippen molar-refractivity contribution in [2.75, 3.05) is 26.0 Å². The van der Waals surface area contributed by atoms with E-state index in [1.54, 1.807) is 43.3 Å². The summed E-state index contributed by atoms with van der Waals surface area (Å²) in [7, 11) is -3.92. The van der Waals surface area contributed by atoms with Crippen molar-refractivity contribution in [2.45, 2.75) is 32.4 Å². The molecule has 0 aliphatic heterocycles. The van der Waals surface area contributed by atoms with E-state index in [1.165, 1.54) is 0 Å². The van der Waals surface area contributed by atoms with Crippen LogP contribution in [0.1, 0.15) is 31.1 Å². The van der Waals surface area contributed by atoms with Crippen molar-refractivity contribution >= 4 is 27.7 Å². The van der Waals surface area contributed by atoms with Crippen LogP contribution in [0.25, 0.3) is 0 Å². The lowest BCUT2D eigenvalue weighted by molar-refractivity contribution is -0.145. The fraction of sp³-hybridized carbons (Fsp3) is 0.409. The zero-order valence-corrected chi connectivity index (χ0v) is 20.2. The van der Waals surface area contributed by atoms with Crippen LogP contribution in [0.3, 0.4) is 0 Å². The number of nitrogens with one attached hydrogen (secondary N) is 1. The molecule has 0 aliphatic rings. The van der Waals surface area contributed by atoms with Gasteiger partial charge in [0.15, 0.2) is 6.61 Å². The van der Waals surface area contributed by atoms with Gasteiger partial charge in [0.25, 0.3) is 0 Å². The molecule has 9 nitrogen and oxygen atoms in total. The molecule has 0 saturated carbocycles. The second-order valence-electron chi connectivity index (χ2n) is 7.09. The van der Waals surface area contributed by atoms with Crippen LogP contribution in [-0.2, 0) is 26.1 Å². The summed E-state index contributed by atoms with van der Waals surface area (Å²) in [6.45, 7) is 4.41. The molecule has 0 saturated heterocycles. The molecular weight excluding hydrogens is 474 g/mol. The quantitative estimate of drug-likeness (QED) is 0.329. The number of hydrogen-bond donors (Lipinski definition) is 3. The van der Waals surface area contributed by atoms with Crippen molar-refractivity contribution in [1.29, 1.82) is 0 Å². The predicted molar refractivity (Wildman–Crippen MR) is 123 cm³/mol. The number of aliphatic hydroxyl groups is 1. The Hall–Kier alpha value is -2.37. The van der Waals surface area contributed by atoms with E-state index in [0.717, 1.165) is 11.1 Å². The molecule has 0 heterocycles. The van der Waals surface area contributed by atoms with Gasteiger partial charge in [-0.15, -0.1) is 0 Å². The largest absolute Gasteiger partial charge is 0.748 e. The molecule has 33 heavy (non-hydrogen) atoms. The summed E-state index contributed by atoms with van der Waals surface area (Å²) < 4.78 is 37.4. The zero-order chi connectivity index (χ0) is 25.0. The first-order chi connectivity index (χ1) is 15.4. The Balaban J connectivity index is 0.000000981. The molecule has 2 unspecified atom stereocenters. The number of hydrogen-bond acceptors (Lipinski definition) is 9. The first-order valence-corrected chi connectivity index (χ1v) is 12.3. The van der Waals surface area contributed by atoms with Crippen molar-refractivity contribution in [3.05, 3.63) is 58.6 Å². The zero-order valence-electron chi connectivity index (χ0n) is 18.7. The number of ether oxygens (including phenoxy) is 2. The lowest BCUT2D eigenvalue weighted by Crippen LogP contribution is -2.33. The Kier molecular flexibility index (Phi) is 12.2. The Morgan fingerprint density at radius 2 is 1.82 bits per heavy atom. The van der Waals surface area contributed by atoms with Crippen LogP contribution in [0, 0.1) is 0 Å².